The van der Waals surface area contributed by atoms with Crippen LogP contribution in [-0.2, 0) is 0 Å². The molecule has 0 spiro atoms. The largest absolute Gasteiger partial charge is 0.415 e. The van der Waals surface area contributed by atoms with Gasteiger partial charge < -0.3 is 9.64 Å². The lowest BCUT2D eigenvalue weighted by Crippen LogP contribution is -2.34. The second-order valence-electron chi connectivity index (χ2n) is 4.52. The van der Waals surface area contributed by atoms with E-state index in [0.29, 0.717) is 18.8 Å². The molecular formula is C13H16N2O4. The zero-order chi connectivity index (χ0) is 13.7. The maximum absolute atomic E-state index is 11.9. The lowest BCUT2D eigenvalue weighted by Gasteiger charge is -2.19. The van der Waals surface area contributed by atoms with Gasteiger partial charge in [0.25, 0.3) is 5.69 Å². The normalized spacial score (nSPS) is 15.7. The first-order chi connectivity index (χ1) is 9.16. The number of carbonyl (C=O) groups is 1. The van der Waals surface area contributed by atoms with E-state index in [4.69, 9.17) is 4.74 Å². The highest BCUT2D eigenvalue weighted by molar-refractivity contribution is 5.70. The molecule has 1 aromatic carbocycles. The van der Waals surface area contributed by atoms with Gasteiger partial charge in [-0.3, -0.25) is 10.1 Å². The molecule has 1 heterocycles. The Morgan fingerprint density at radius 1 is 1.11 bits per heavy atom. The van der Waals surface area contributed by atoms with Crippen molar-refractivity contribution >= 4 is 11.8 Å². The lowest BCUT2D eigenvalue weighted by atomic mass is 10.2. The molecule has 0 saturated carbocycles. The summed E-state index contributed by atoms with van der Waals surface area (Å²) in [5.41, 5.74) is -0.0189. The number of rotatable bonds is 2. The first kappa shape index (κ1) is 13.3. The Balaban J connectivity index is 1.95. The predicted molar refractivity (Wildman–Crippen MR) is 69.2 cm³/mol. The van der Waals surface area contributed by atoms with Crippen molar-refractivity contribution in [1.82, 2.24) is 4.90 Å². The molecule has 0 bridgehead atoms. The topological polar surface area (TPSA) is 72.7 Å². The number of carbonyl (C=O) groups excluding carboxylic acids is 1. The summed E-state index contributed by atoms with van der Waals surface area (Å²) in [5, 5.41) is 10.5. The number of benzene rings is 1. The summed E-state index contributed by atoms with van der Waals surface area (Å²) < 4.78 is 5.21. The van der Waals surface area contributed by atoms with E-state index in [9.17, 15) is 14.9 Å². The molecule has 0 N–H and O–H groups in total. The molecule has 2 rings (SSSR count). The van der Waals surface area contributed by atoms with Crippen LogP contribution in [0.1, 0.15) is 25.7 Å². The lowest BCUT2D eigenvalue weighted by molar-refractivity contribution is -0.384. The highest BCUT2D eigenvalue weighted by Crippen LogP contribution is 2.19. The van der Waals surface area contributed by atoms with Crippen LogP contribution in [0.25, 0.3) is 0 Å². The van der Waals surface area contributed by atoms with E-state index in [0.717, 1.165) is 25.7 Å². The Kier molecular flexibility index (Phi) is 4.33. The highest BCUT2D eigenvalue weighted by atomic mass is 16.6. The quantitative estimate of drug-likeness (QED) is 0.608. The molecule has 0 atom stereocenters. The van der Waals surface area contributed by atoms with Gasteiger partial charge in [0.2, 0.25) is 0 Å². The summed E-state index contributed by atoms with van der Waals surface area (Å²) in [5.74, 6) is 0.333. The molecule has 1 fully saturated rings. The number of nitro benzene ring substituents is 1. The van der Waals surface area contributed by atoms with E-state index < -0.39 is 4.92 Å². The van der Waals surface area contributed by atoms with Crippen LogP contribution in [0.4, 0.5) is 10.5 Å². The number of nitrogens with zero attached hydrogens (tertiary/aromatic N) is 2. The Morgan fingerprint density at radius 3 is 2.21 bits per heavy atom. The molecule has 1 amide bonds. The zero-order valence-electron chi connectivity index (χ0n) is 10.6. The number of hydrogen-bond donors (Lipinski definition) is 0. The number of amides is 1. The van der Waals surface area contributed by atoms with Gasteiger partial charge in [0, 0.05) is 25.2 Å². The molecule has 1 aromatic rings. The molecular weight excluding hydrogens is 248 g/mol. The second kappa shape index (κ2) is 6.17. The minimum absolute atomic E-state index is 0.0189. The standard InChI is InChI=1S/C13H16N2O4/c16-13(14-9-3-1-2-4-10-14)19-12-7-5-11(6-8-12)15(17)18/h5-8H,1-4,9-10H2. The number of ether oxygens (including phenoxy) is 1. The molecule has 0 aromatic heterocycles. The van der Waals surface area contributed by atoms with E-state index >= 15 is 0 Å². The Morgan fingerprint density at radius 2 is 1.68 bits per heavy atom. The maximum atomic E-state index is 11.9. The van der Waals surface area contributed by atoms with E-state index in [1.165, 1.54) is 24.3 Å². The molecule has 0 unspecified atom stereocenters. The minimum Gasteiger partial charge on any atom is -0.410 e. The number of nitro groups is 1. The first-order valence-electron chi connectivity index (χ1n) is 6.38. The molecule has 1 aliphatic heterocycles. The van der Waals surface area contributed by atoms with Crippen molar-refractivity contribution in [2.24, 2.45) is 0 Å². The van der Waals surface area contributed by atoms with Crippen LogP contribution in [0.2, 0.25) is 0 Å². The summed E-state index contributed by atoms with van der Waals surface area (Å²) >= 11 is 0. The van der Waals surface area contributed by atoms with Crippen molar-refractivity contribution in [3.63, 3.8) is 0 Å². The fourth-order valence-electron chi connectivity index (χ4n) is 2.05. The predicted octanol–water partition coefficient (Wildman–Crippen LogP) is 2.97. The first-order valence-corrected chi connectivity index (χ1v) is 6.38. The van der Waals surface area contributed by atoms with Crippen LogP contribution in [-0.4, -0.2) is 29.0 Å². The van der Waals surface area contributed by atoms with Gasteiger partial charge in [-0.1, -0.05) is 12.8 Å². The monoisotopic (exact) mass is 264 g/mol. The van der Waals surface area contributed by atoms with Gasteiger partial charge >= 0.3 is 6.09 Å². The Hall–Kier alpha value is -2.11. The van der Waals surface area contributed by atoms with Gasteiger partial charge in [0.15, 0.2) is 0 Å². The van der Waals surface area contributed by atoms with E-state index in [1.807, 2.05) is 0 Å². The second-order valence-corrected chi connectivity index (χ2v) is 4.52. The Bertz CT molecular complexity index is 450. The summed E-state index contributed by atoms with van der Waals surface area (Å²) in [7, 11) is 0. The molecule has 19 heavy (non-hydrogen) atoms. The summed E-state index contributed by atoms with van der Waals surface area (Å²) in [6.07, 6.45) is 3.89. The molecule has 0 radical (unpaired) electrons. The SMILES string of the molecule is O=C(Oc1ccc([N+](=O)[O-])cc1)N1CCCCCC1. The maximum Gasteiger partial charge on any atom is 0.415 e. The van der Waals surface area contributed by atoms with Gasteiger partial charge in [-0.15, -0.1) is 0 Å². The average Bonchev–Trinajstić information content (AvgIpc) is 2.68. The van der Waals surface area contributed by atoms with Crippen molar-refractivity contribution in [3.05, 3.63) is 34.4 Å². The van der Waals surface area contributed by atoms with Gasteiger partial charge in [-0.05, 0) is 25.0 Å². The van der Waals surface area contributed by atoms with Crippen LogP contribution in [0.5, 0.6) is 5.75 Å². The number of hydrogen-bond acceptors (Lipinski definition) is 4. The van der Waals surface area contributed by atoms with Crippen molar-refractivity contribution in [2.45, 2.75) is 25.7 Å². The summed E-state index contributed by atoms with van der Waals surface area (Å²) in [6, 6.07) is 5.53. The van der Waals surface area contributed by atoms with E-state index in [-0.39, 0.29) is 11.8 Å². The fraction of sp³-hybridized carbons (Fsp3) is 0.462. The Labute approximate surface area is 111 Å². The van der Waals surface area contributed by atoms with Crippen molar-refractivity contribution in [2.75, 3.05) is 13.1 Å². The van der Waals surface area contributed by atoms with Crippen LogP contribution in [0.3, 0.4) is 0 Å². The molecule has 6 nitrogen and oxygen atoms in total. The third-order valence-corrected chi connectivity index (χ3v) is 3.12. The highest BCUT2D eigenvalue weighted by Gasteiger charge is 2.17. The zero-order valence-corrected chi connectivity index (χ0v) is 10.6. The van der Waals surface area contributed by atoms with Crippen LogP contribution < -0.4 is 4.74 Å². The van der Waals surface area contributed by atoms with Crippen molar-refractivity contribution in [1.29, 1.82) is 0 Å². The molecule has 1 aliphatic rings. The molecule has 6 heteroatoms. The van der Waals surface area contributed by atoms with Gasteiger partial charge in [-0.2, -0.15) is 0 Å². The third kappa shape index (κ3) is 3.67. The number of likely N-dealkylation sites (tertiary alicyclic amines) is 1. The summed E-state index contributed by atoms with van der Waals surface area (Å²) in [4.78, 5) is 23.6. The molecule has 102 valence electrons. The van der Waals surface area contributed by atoms with Crippen LogP contribution in [0, 0.1) is 10.1 Å². The van der Waals surface area contributed by atoms with Gasteiger partial charge in [-0.25, -0.2) is 4.79 Å². The van der Waals surface area contributed by atoms with Crippen molar-refractivity contribution in [3.8, 4) is 5.75 Å². The third-order valence-electron chi connectivity index (χ3n) is 3.12. The fourth-order valence-corrected chi connectivity index (χ4v) is 2.05. The molecule has 1 saturated heterocycles. The minimum atomic E-state index is -0.486. The van der Waals surface area contributed by atoms with Gasteiger partial charge in [0.1, 0.15) is 5.75 Å². The van der Waals surface area contributed by atoms with Crippen molar-refractivity contribution < 1.29 is 14.5 Å². The smallest absolute Gasteiger partial charge is 0.410 e. The van der Waals surface area contributed by atoms with Gasteiger partial charge in [0.05, 0.1) is 4.92 Å². The van der Waals surface area contributed by atoms with E-state index in [1.54, 1.807) is 4.90 Å². The number of non-ortho nitro benzene ring substituents is 1. The molecule has 0 aliphatic carbocycles. The van der Waals surface area contributed by atoms with Crippen LogP contribution in [0.15, 0.2) is 24.3 Å². The van der Waals surface area contributed by atoms with Crippen LogP contribution >= 0.6 is 0 Å². The van der Waals surface area contributed by atoms with E-state index in [2.05, 4.69) is 0 Å². The average molecular weight is 264 g/mol. The summed E-state index contributed by atoms with van der Waals surface area (Å²) in [6.45, 7) is 1.43.